The van der Waals surface area contributed by atoms with E-state index < -0.39 is 8.07 Å². The van der Waals surface area contributed by atoms with Gasteiger partial charge in [0.25, 0.3) is 0 Å². The van der Waals surface area contributed by atoms with E-state index in [1.807, 2.05) is 6.08 Å². The maximum Gasteiger partial charge on any atom is 0.0508 e. The van der Waals surface area contributed by atoms with Crippen LogP contribution in [0, 0.1) is 6.55 Å². The van der Waals surface area contributed by atoms with Crippen molar-refractivity contribution in [2.24, 2.45) is 0 Å². The van der Waals surface area contributed by atoms with Crippen LogP contribution in [0.25, 0.3) is 0 Å². The SMILES string of the molecule is [CH2][Si](C)(C)CC=C. The van der Waals surface area contributed by atoms with Crippen LogP contribution in [0.4, 0.5) is 0 Å². The lowest BCUT2D eigenvalue weighted by molar-refractivity contribution is 1.56. The van der Waals surface area contributed by atoms with E-state index in [-0.39, 0.29) is 0 Å². The first-order valence-corrected chi connectivity index (χ1v) is 5.94. The molecule has 0 aliphatic rings. The zero-order valence-corrected chi connectivity index (χ0v) is 6.20. The molecule has 0 aromatic heterocycles. The summed E-state index contributed by atoms with van der Waals surface area (Å²) in [6.07, 6.45) is 1.96. The Hall–Kier alpha value is -0.0431. The minimum absolute atomic E-state index is 1.03. The van der Waals surface area contributed by atoms with Gasteiger partial charge in [0.2, 0.25) is 0 Å². The summed E-state index contributed by atoms with van der Waals surface area (Å²) in [5.41, 5.74) is 0. The fourth-order valence-corrected chi connectivity index (χ4v) is 1.17. The van der Waals surface area contributed by atoms with E-state index in [2.05, 4.69) is 26.2 Å². The van der Waals surface area contributed by atoms with Crippen LogP contribution in [0.5, 0.6) is 0 Å². The Morgan fingerprint density at radius 2 is 2.00 bits per heavy atom. The molecule has 0 unspecified atom stereocenters. The molecule has 0 heterocycles. The van der Waals surface area contributed by atoms with E-state index in [0.717, 1.165) is 6.04 Å². The number of allylic oxidation sites excluding steroid dienone is 1. The van der Waals surface area contributed by atoms with Crippen LogP contribution in [0.15, 0.2) is 12.7 Å². The monoisotopic (exact) mass is 113 g/mol. The zero-order chi connectivity index (χ0) is 5.91. The van der Waals surface area contributed by atoms with Gasteiger partial charge in [0.1, 0.15) is 0 Å². The molecule has 0 nitrogen and oxygen atoms in total. The summed E-state index contributed by atoms with van der Waals surface area (Å²) in [5, 5.41) is 0. The Labute approximate surface area is 47.3 Å². The van der Waals surface area contributed by atoms with E-state index in [0.29, 0.717) is 0 Å². The standard InChI is InChI=1S/C6H13Si/c1-5-6-7(2,3)4/h5H,1-2,6H2,3-4H3. The molecule has 0 fully saturated rings. The van der Waals surface area contributed by atoms with Crippen LogP contribution in [0.3, 0.4) is 0 Å². The number of hydrogen-bond acceptors (Lipinski definition) is 0. The number of rotatable bonds is 2. The van der Waals surface area contributed by atoms with Crippen molar-refractivity contribution in [1.29, 1.82) is 0 Å². The van der Waals surface area contributed by atoms with Gasteiger partial charge in [-0.25, -0.2) is 0 Å². The smallest absolute Gasteiger partial charge is 0.0508 e. The molecule has 0 aromatic rings. The minimum atomic E-state index is -1.03. The zero-order valence-electron chi connectivity index (χ0n) is 5.20. The van der Waals surface area contributed by atoms with Gasteiger partial charge in [0, 0.05) is 0 Å². The van der Waals surface area contributed by atoms with Gasteiger partial charge in [-0.15, -0.1) is 6.58 Å². The summed E-state index contributed by atoms with van der Waals surface area (Å²) in [4.78, 5) is 0. The second-order valence-electron chi connectivity index (χ2n) is 2.66. The van der Waals surface area contributed by atoms with Gasteiger partial charge in [-0.3, -0.25) is 0 Å². The van der Waals surface area contributed by atoms with E-state index in [1.54, 1.807) is 0 Å². The summed E-state index contributed by atoms with van der Waals surface area (Å²) < 4.78 is 0. The van der Waals surface area contributed by atoms with Gasteiger partial charge in [0.15, 0.2) is 0 Å². The predicted octanol–water partition coefficient (Wildman–Crippen LogP) is 2.25. The molecule has 0 saturated carbocycles. The van der Waals surface area contributed by atoms with Gasteiger partial charge in [-0.1, -0.05) is 25.7 Å². The second kappa shape index (κ2) is 2.31. The van der Waals surface area contributed by atoms with Crippen molar-refractivity contribution in [3.05, 3.63) is 19.2 Å². The Bertz CT molecular complexity index is 59.1. The van der Waals surface area contributed by atoms with Gasteiger partial charge >= 0.3 is 0 Å². The fraction of sp³-hybridized carbons (Fsp3) is 0.500. The van der Waals surface area contributed by atoms with Crippen LogP contribution in [-0.4, -0.2) is 8.07 Å². The van der Waals surface area contributed by atoms with Crippen LogP contribution in [0.2, 0.25) is 19.1 Å². The molecular weight excluding hydrogens is 100 g/mol. The first-order valence-electron chi connectivity index (χ1n) is 2.52. The normalized spacial score (nSPS) is 11.3. The van der Waals surface area contributed by atoms with E-state index in [1.165, 1.54) is 0 Å². The van der Waals surface area contributed by atoms with Crippen molar-refractivity contribution in [1.82, 2.24) is 0 Å². The van der Waals surface area contributed by atoms with Crippen molar-refractivity contribution in [3.63, 3.8) is 0 Å². The molecule has 0 bridgehead atoms. The molecule has 1 radical (unpaired) electrons. The maximum absolute atomic E-state index is 4.03. The summed E-state index contributed by atoms with van der Waals surface area (Å²) in [5.74, 6) is 0. The molecule has 0 saturated heterocycles. The van der Waals surface area contributed by atoms with Gasteiger partial charge in [0.05, 0.1) is 8.07 Å². The summed E-state index contributed by atoms with van der Waals surface area (Å²) in [6, 6.07) is 1.13. The highest BCUT2D eigenvalue weighted by Gasteiger charge is 2.08. The predicted molar refractivity (Wildman–Crippen MR) is 37.8 cm³/mol. The van der Waals surface area contributed by atoms with Crippen molar-refractivity contribution in [2.45, 2.75) is 19.1 Å². The quantitative estimate of drug-likeness (QED) is 0.380. The minimum Gasteiger partial charge on any atom is -0.103 e. The third-order valence-electron chi connectivity index (χ3n) is 0.697. The van der Waals surface area contributed by atoms with Crippen molar-refractivity contribution < 1.29 is 0 Å². The molecule has 41 valence electrons. The van der Waals surface area contributed by atoms with Crippen LogP contribution in [0.1, 0.15) is 0 Å². The highest BCUT2D eigenvalue weighted by atomic mass is 28.3. The van der Waals surface area contributed by atoms with Crippen molar-refractivity contribution in [2.75, 3.05) is 0 Å². The lowest BCUT2D eigenvalue weighted by Gasteiger charge is -2.10. The Balaban J connectivity index is 3.34. The fourth-order valence-electron chi connectivity index (χ4n) is 0.391. The molecule has 0 atom stereocenters. The molecule has 0 amide bonds. The van der Waals surface area contributed by atoms with Gasteiger partial charge < -0.3 is 0 Å². The lowest BCUT2D eigenvalue weighted by atomic mass is 10.8. The topological polar surface area (TPSA) is 0 Å². The second-order valence-corrected chi connectivity index (χ2v) is 7.39. The lowest BCUT2D eigenvalue weighted by Crippen LogP contribution is -2.18. The highest BCUT2D eigenvalue weighted by molar-refractivity contribution is 6.79. The summed E-state index contributed by atoms with van der Waals surface area (Å²) in [6.45, 7) is 12.1. The molecule has 0 aliphatic heterocycles. The first-order chi connectivity index (χ1) is 3.06. The maximum atomic E-state index is 4.03. The molecule has 7 heavy (non-hydrogen) atoms. The van der Waals surface area contributed by atoms with Crippen molar-refractivity contribution >= 4 is 8.07 Å². The van der Waals surface area contributed by atoms with Crippen LogP contribution < -0.4 is 0 Å². The van der Waals surface area contributed by atoms with E-state index >= 15 is 0 Å². The van der Waals surface area contributed by atoms with Crippen LogP contribution in [-0.2, 0) is 0 Å². The average molecular weight is 113 g/mol. The van der Waals surface area contributed by atoms with Crippen LogP contribution >= 0.6 is 0 Å². The third-order valence-corrected chi connectivity index (χ3v) is 2.09. The van der Waals surface area contributed by atoms with Crippen molar-refractivity contribution in [3.8, 4) is 0 Å². The molecule has 0 rings (SSSR count). The highest BCUT2D eigenvalue weighted by Crippen LogP contribution is 2.05. The Morgan fingerprint density at radius 1 is 1.57 bits per heavy atom. The first kappa shape index (κ1) is 6.96. The molecule has 0 aliphatic carbocycles. The van der Waals surface area contributed by atoms with E-state index in [4.69, 9.17) is 0 Å². The third kappa shape index (κ3) is 5.96. The summed E-state index contributed by atoms with van der Waals surface area (Å²) >= 11 is 0. The molecule has 0 N–H and O–H groups in total. The molecule has 1 heteroatoms. The average Bonchev–Trinajstić information content (AvgIpc) is 1.30. The van der Waals surface area contributed by atoms with Gasteiger partial charge in [-0.2, -0.15) is 0 Å². The Kier molecular flexibility index (Phi) is 2.30. The number of hydrogen-bond donors (Lipinski definition) is 0. The molecule has 0 spiro atoms. The van der Waals surface area contributed by atoms with E-state index in [9.17, 15) is 0 Å². The van der Waals surface area contributed by atoms with Gasteiger partial charge in [-0.05, 0) is 6.04 Å². The summed E-state index contributed by atoms with van der Waals surface area (Å²) in [7, 11) is -1.03. The largest absolute Gasteiger partial charge is 0.103 e. The molecular formula is C6H13Si. The molecule has 0 aromatic carbocycles. The Morgan fingerprint density at radius 3 is 2.00 bits per heavy atom.